The summed E-state index contributed by atoms with van der Waals surface area (Å²) in [5.74, 6) is 0.114. The maximum Gasteiger partial charge on any atom is 0.0651 e. The van der Waals surface area contributed by atoms with Gasteiger partial charge in [0.15, 0.2) is 0 Å². The predicted octanol–water partition coefficient (Wildman–Crippen LogP) is 5.49. The third-order valence-corrected chi connectivity index (χ3v) is 4.36. The highest BCUT2D eigenvalue weighted by atomic mass is 79.9. The molecular weight excluding hydrogens is 336 g/mol. The monoisotopic (exact) mass is 358 g/mol. The van der Waals surface area contributed by atoms with Crippen LogP contribution in [0.15, 0.2) is 70.7 Å². The number of benzene rings is 2. The van der Waals surface area contributed by atoms with Crippen LogP contribution in [-0.2, 0) is 6.42 Å². The Kier molecular flexibility index (Phi) is 6.41. The fourth-order valence-electron chi connectivity index (χ4n) is 2.59. The normalized spacial score (nSPS) is 13.5. The second kappa shape index (κ2) is 8.30. The summed E-state index contributed by atoms with van der Waals surface area (Å²) in [6, 6.07) is 18.5. The Morgan fingerprint density at radius 1 is 1.05 bits per heavy atom. The molecule has 2 rings (SSSR count). The average Bonchev–Trinajstić information content (AvgIpc) is 2.50. The lowest BCUT2D eigenvalue weighted by Crippen LogP contribution is -2.21. The van der Waals surface area contributed by atoms with E-state index in [1.165, 1.54) is 16.7 Å². The maximum absolute atomic E-state index is 10.8. The van der Waals surface area contributed by atoms with Crippen LogP contribution in [0.5, 0.6) is 0 Å². The molecule has 0 unspecified atom stereocenters. The van der Waals surface area contributed by atoms with Gasteiger partial charge in [-0.15, -0.1) is 0 Å². The standard InChI is InChI=1S/C20H23BrO/c1-15(2)8-13-19(17-9-11-18(21)12-10-17)20(22)14-16-6-4-3-5-7-16/h3-12,19-20,22H,13-14H2,1-2H3/t19-,20-/m0/s1. The molecule has 2 atom stereocenters. The van der Waals surface area contributed by atoms with E-state index in [0.717, 1.165) is 10.9 Å². The molecule has 0 aliphatic carbocycles. The molecule has 0 saturated carbocycles. The van der Waals surface area contributed by atoms with Crippen LogP contribution in [0.1, 0.15) is 37.3 Å². The van der Waals surface area contributed by atoms with Gasteiger partial charge < -0.3 is 5.11 Å². The highest BCUT2D eigenvalue weighted by Crippen LogP contribution is 2.28. The number of hydrogen-bond donors (Lipinski definition) is 1. The van der Waals surface area contributed by atoms with Gasteiger partial charge in [-0.3, -0.25) is 0 Å². The number of aliphatic hydroxyl groups is 1. The van der Waals surface area contributed by atoms with Crippen LogP contribution in [0.25, 0.3) is 0 Å². The molecule has 0 amide bonds. The third kappa shape index (κ3) is 5.11. The molecule has 2 aromatic rings. The van der Waals surface area contributed by atoms with Crippen LogP contribution in [0, 0.1) is 0 Å². The van der Waals surface area contributed by atoms with Crippen LogP contribution in [-0.4, -0.2) is 11.2 Å². The largest absolute Gasteiger partial charge is 0.392 e. The van der Waals surface area contributed by atoms with Gasteiger partial charge in [0.25, 0.3) is 0 Å². The van der Waals surface area contributed by atoms with E-state index < -0.39 is 0 Å². The van der Waals surface area contributed by atoms with E-state index in [0.29, 0.717) is 6.42 Å². The Morgan fingerprint density at radius 3 is 2.27 bits per heavy atom. The van der Waals surface area contributed by atoms with Gasteiger partial charge in [-0.05, 0) is 49.9 Å². The van der Waals surface area contributed by atoms with Crippen molar-refractivity contribution in [2.24, 2.45) is 0 Å². The summed E-state index contributed by atoms with van der Waals surface area (Å²) in [6.07, 6.45) is 3.36. The van der Waals surface area contributed by atoms with Crippen LogP contribution >= 0.6 is 15.9 Å². The fourth-order valence-corrected chi connectivity index (χ4v) is 2.85. The Morgan fingerprint density at radius 2 is 1.68 bits per heavy atom. The molecule has 0 spiro atoms. The lowest BCUT2D eigenvalue weighted by Gasteiger charge is -2.23. The van der Waals surface area contributed by atoms with E-state index in [9.17, 15) is 5.11 Å². The van der Waals surface area contributed by atoms with Crippen molar-refractivity contribution in [3.63, 3.8) is 0 Å². The molecule has 0 aliphatic rings. The Balaban J connectivity index is 2.19. The molecule has 116 valence electrons. The van der Waals surface area contributed by atoms with E-state index in [1.807, 2.05) is 30.3 Å². The second-order valence-electron chi connectivity index (χ2n) is 5.93. The van der Waals surface area contributed by atoms with Crippen molar-refractivity contribution < 1.29 is 5.11 Å². The van der Waals surface area contributed by atoms with Crippen molar-refractivity contribution in [3.05, 3.63) is 81.8 Å². The summed E-state index contributed by atoms with van der Waals surface area (Å²) in [7, 11) is 0. The van der Waals surface area contributed by atoms with Gasteiger partial charge in [0, 0.05) is 10.4 Å². The number of allylic oxidation sites excluding steroid dienone is 2. The van der Waals surface area contributed by atoms with Crippen molar-refractivity contribution in [2.75, 3.05) is 0 Å². The average molecular weight is 359 g/mol. The smallest absolute Gasteiger partial charge is 0.0651 e. The molecular formula is C20H23BrO. The van der Waals surface area contributed by atoms with E-state index in [4.69, 9.17) is 0 Å². The minimum Gasteiger partial charge on any atom is -0.392 e. The maximum atomic E-state index is 10.8. The summed E-state index contributed by atoms with van der Waals surface area (Å²) in [4.78, 5) is 0. The minimum atomic E-state index is -0.390. The zero-order valence-corrected chi connectivity index (χ0v) is 14.8. The van der Waals surface area contributed by atoms with Gasteiger partial charge >= 0.3 is 0 Å². The molecule has 0 radical (unpaired) electrons. The third-order valence-electron chi connectivity index (χ3n) is 3.83. The van der Waals surface area contributed by atoms with Gasteiger partial charge in [0.2, 0.25) is 0 Å². The molecule has 0 bridgehead atoms. The number of hydrogen-bond acceptors (Lipinski definition) is 1. The predicted molar refractivity (Wildman–Crippen MR) is 97.1 cm³/mol. The van der Waals surface area contributed by atoms with E-state index in [1.54, 1.807) is 0 Å². The SMILES string of the molecule is CC(C)=CC[C@@H](c1ccc(Br)cc1)[C@@H](O)Cc1ccccc1. The van der Waals surface area contributed by atoms with Gasteiger partial charge in [-0.1, -0.05) is 70.0 Å². The first-order valence-corrected chi connectivity index (χ1v) is 8.46. The summed E-state index contributed by atoms with van der Waals surface area (Å²) in [5, 5.41) is 10.8. The Labute approximate surface area is 141 Å². The van der Waals surface area contributed by atoms with Gasteiger partial charge in [-0.2, -0.15) is 0 Å². The molecule has 22 heavy (non-hydrogen) atoms. The first-order valence-electron chi connectivity index (χ1n) is 7.67. The number of halogens is 1. The summed E-state index contributed by atoms with van der Waals surface area (Å²) in [5.41, 5.74) is 3.65. The molecule has 0 heterocycles. The molecule has 1 N–H and O–H groups in total. The number of rotatable bonds is 6. The lowest BCUT2D eigenvalue weighted by atomic mass is 9.86. The summed E-state index contributed by atoms with van der Waals surface area (Å²) < 4.78 is 1.06. The minimum absolute atomic E-state index is 0.114. The molecule has 2 aromatic carbocycles. The highest BCUT2D eigenvalue weighted by Gasteiger charge is 2.20. The van der Waals surface area contributed by atoms with Crippen molar-refractivity contribution in [3.8, 4) is 0 Å². The molecule has 0 saturated heterocycles. The van der Waals surface area contributed by atoms with Gasteiger partial charge in [-0.25, -0.2) is 0 Å². The topological polar surface area (TPSA) is 20.2 Å². The van der Waals surface area contributed by atoms with Crippen molar-refractivity contribution >= 4 is 15.9 Å². The first-order chi connectivity index (χ1) is 10.6. The zero-order valence-electron chi connectivity index (χ0n) is 13.2. The van der Waals surface area contributed by atoms with Crippen LogP contribution in [0.4, 0.5) is 0 Å². The molecule has 0 fully saturated rings. The fraction of sp³-hybridized carbons (Fsp3) is 0.300. The van der Waals surface area contributed by atoms with E-state index in [-0.39, 0.29) is 12.0 Å². The molecule has 2 heteroatoms. The lowest BCUT2D eigenvalue weighted by molar-refractivity contribution is 0.143. The highest BCUT2D eigenvalue weighted by molar-refractivity contribution is 9.10. The quantitative estimate of drug-likeness (QED) is 0.676. The van der Waals surface area contributed by atoms with Crippen molar-refractivity contribution in [1.82, 2.24) is 0 Å². The van der Waals surface area contributed by atoms with E-state index >= 15 is 0 Å². The molecule has 1 nitrogen and oxygen atoms in total. The second-order valence-corrected chi connectivity index (χ2v) is 6.85. The van der Waals surface area contributed by atoms with Crippen molar-refractivity contribution in [2.45, 2.75) is 38.7 Å². The first kappa shape index (κ1) is 17.0. The Hall–Kier alpha value is -1.38. The molecule has 0 aliphatic heterocycles. The summed E-state index contributed by atoms with van der Waals surface area (Å²) in [6.45, 7) is 4.20. The van der Waals surface area contributed by atoms with Gasteiger partial charge in [0.1, 0.15) is 0 Å². The molecule has 0 aromatic heterocycles. The number of aliphatic hydroxyl groups excluding tert-OH is 1. The Bertz CT molecular complexity index is 597. The van der Waals surface area contributed by atoms with Gasteiger partial charge in [0.05, 0.1) is 6.10 Å². The van der Waals surface area contributed by atoms with Crippen LogP contribution in [0.2, 0.25) is 0 Å². The van der Waals surface area contributed by atoms with Crippen LogP contribution < -0.4 is 0 Å². The summed E-state index contributed by atoms with van der Waals surface area (Å²) >= 11 is 3.47. The van der Waals surface area contributed by atoms with E-state index in [2.05, 4.69) is 60.1 Å². The van der Waals surface area contributed by atoms with Crippen molar-refractivity contribution in [1.29, 1.82) is 0 Å². The van der Waals surface area contributed by atoms with Crippen LogP contribution in [0.3, 0.4) is 0 Å². The zero-order chi connectivity index (χ0) is 15.9.